The van der Waals surface area contributed by atoms with Gasteiger partial charge in [-0.15, -0.1) is 11.8 Å². The molecule has 1 N–H and O–H groups in total. The summed E-state index contributed by atoms with van der Waals surface area (Å²) in [5, 5.41) is 3.50. The molecule has 2 aromatic rings. The summed E-state index contributed by atoms with van der Waals surface area (Å²) in [6, 6.07) is 13.9. The Kier molecular flexibility index (Phi) is 8.16. The molecule has 0 heterocycles. The number of benzene rings is 2. The third kappa shape index (κ3) is 6.24. The third-order valence-corrected chi connectivity index (χ3v) is 7.27. The van der Waals surface area contributed by atoms with Gasteiger partial charge in [-0.1, -0.05) is 37.6 Å². The normalized spacial score (nSPS) is 11.6. The Hall–Kier alpha value is -1.54. The van der Waals surface area contributed by atoms with Crippen molar-refractivity contribution < 1.29 is 13.2 Å². The summed E-state index contributed by atoms with van der Waals surface area (Å²) in [5.74, 6) is 0.213. The number of nitrogens with zero attached hydrogens (tertiary/aromatic N) is 1. The number of halogens is 1. The zero-order valence-corrected chi connectivity index (χ0v) is 17.7. The van der Waals surface area contributed by atoms with Crippen LogP contribution in [0.3, 0.4) is 0 Å². The molecule has 1 amide bonds. The van der Waals surface area contributed by atoms with Crippen LogP contribution in [-0.4, -0.2) is 37.5 Å². The molecule has 0 bridgehead atoms. The second-order valence-electron chi connectivity index (χ2n) is 5.75. The Bertz CT molecular complexity index is 850. The fourth-order valence-corrected chi connectivity index (χ4v) is 4.74. The first-order valence-electron chi connectivity index (χ1n) is 8.61. The van der Waals surface area contributed by atoms with Crippen molar-refractivity contribution in [3.05, 3.63) is 59.1 Å². The minimum atomic E-state index is -3.46. The van der Waals surface area contributed by atoms with Gasteiger partial charge in [0.15, 0.2) is 0 Å². The second-order valence-corrected chi connectivity index (χ2v) is 9.18. The first-order chi connectivity index (χ1) is 12.9. The number of hydrogen-bond acceptors (Lipinski definition) is 4. The molecular weight excluding hydrogens is 404 g/mol. The van der Waals surface area contributed by atoms with Gasteiger partial charge in [-0.25, -0.2) is 8.42 Å². The SMILES string of the molecule is CCN(CC)S(=O)(=O)c1ccc(CNC(=O)CSc2ccc(Cl)cc2)cc1. The maximum atomic E-state index is 12.5. The largest absolute Gasteiger partial charge is 0.351 e. The average molecular weight is 427 g/mol. The number of hydrogen-bond donors (Lipinski definition) is 1. The lowest BCUT2D eigenvalue weighted by Crippen LogP contribution is -2.30. The predicted octanol–water partition coefficient (Wildman–Crippen LogP) is 3.78. The highest BCUT2D eigenvalue weighted by Gasteiger charge is 2.21. The summed E-state index contributed by atoms with van der Waals surface area (Å²) >= 11 is 7.27. The Balaban J connectivity index is 1.87. The lowest BCUT2D eigenvalue weighted by molar-refractivity contribution is -0.118. The van der Waals surface area contributed by atoms with Gasteiger partial charge in [0.2, 0.25) is 15.9 Å². The number of nitrogens with one attached hydrogen (secondary N) is 1. The fraction of sp³-hybridized carbons (Fsp3) is 0.316. The van der Waals surface area contributed by atoms with E-state index in [4.69, 9.17) is 11.6 Å². The van der Waals surface area contributed by atoms with Crippen LogP contribution in [0, 0.1) is 0 Å². The monoisotopic (exact) mass is 426 g/mol. The van der Waals surface area contributed by atoms with Crippen molar-refractivity contribution in [2.24, 2.45) is 0 Å². The van der Waals surface area contributed by atoms with Crippen LogP contribution in [-0.2, 0) is 21.4 Å². The minimum Gasteiger partial charge on any atom is -0.351 e. The van der Waals surface area contributed by atoms with Crippen LogP contribution in [0.5, 0.6) is 0 Å². The molecule has 5 nitrogen and oxygen atoms in total. The predicted molar refractivity (Wildman–Crippen MR) is 111 cm³/mol. The van der Waals surface area contributed by atoms with Crippen molar-refractivity contribution in [2.45, 2.75) is 30.2 Å². The van der Waals surface area contributed by atoms with Crippen LogP contribution in [0.2, 0.25) is 5.02 Å². The van der Waals surface area contributed by atoms with Crippen LogP contribution < -0.4 is 5.32 Å². The van der Waals surface area contributed by atoms with Crippen LogP contribution in [0.4, 0.5) is 0 Å². The molecule has 0 spiro atoms. The van der Waals surface area contributed by atoms with Crippen molar-refractivity contribution in [3.63, 3.8) is 0 Å². The van der Waals surface area contributed by atoms with Gasteiger partial charge in [0, 0.05) is 29.6 Å². The van der Waals surface area contributed by atoms with Crippen molar-refractivity contribution in [3.8, 4) is 0 Å². The van der Waals surface area contributed by atoms with E-state index in [0.717, 1.165) is 10.5 Å². The van der Waals surface area contributed by atoms with Gasteiger partial charge in [-0.3, -0.25) is 4.79 Å². The Morgan fingerprint density at radius 3 is 2.19 bits per heavy atom. The summed E-state index contributed by atoms with van der Waals surface area (Å²) < 4.78 is 26.3. The van der Waals surface area contributed by atoms with E-state index in [1.165, 1.54) is 16.1 Å². The molecule has 146 valence electrons. The summed E-state index contributed by atoms with van der Waals surface area (Å²) in [6.45, 7) is 4.84. The number of sulfonamides is 1. The van der Waals surface area contributed by atoms with Crippen LogP contribution in [0.15, 0.2) is 58.3 Å². The average Bonchev–Trinajstić information content (AvgIpc) is 2.67. The molecule has 0 aromatic heterocycles. The lowest BCUT2D eigenvalue weighted by atomic mass is 10.2. The number of thioether (sulfide) groups is 1. The molecule has 0 saturated heterocycles. The lowest BCUT2D eigenvalue weighted by Gasteiger charge is -2.18. The molecule has 0 aliphatic heterocycles. The number of amides is 1. The van der Waals surface area contributed by atoms with Gasteiger partial charge in [0.05, 0.1) is 10.6 Å². The van der Waals surface area contributed by atoms with Crippen molar-refractivity contribution in [1.82, 2.24) is 9.62 Å². The zero-order chi connectivity index (χ0) is 19.9. The highest BCUT2D eigenvalue weighted by molar-refractivity contribution is 8.00. The van der Waals surface area contributed by atoms with E-state index in [-0.39, 0.29) is 10.8 Å². The molecule has 0 atom stereocenters. The van der Waals surface area contributed by atoms with Gasteiger partial charge in [0.1, 0.15) is 0 Å². The third-order valence-electron chi connectivity index (χ3n) is 3.94. The van der Waals surface area contributed by atoms with Crippen LogP contribution in [0.25, 0.3) is 0 Å². The van der Waals surface area contributed by atoms with E-state index >= 15 is 0 Å². The van der Waals surface area contributed by atoms with Crippen molar-refractivity contribution >= 4 is 39.3 Å². The van der Waals surface area contributed by atoms with E-state index in [1.807, 2.05) is 26.0 Å². The summed E-state index contributed by atoms with van der Waals surface area (Å²) in [5.41, 5.74) is 0.846. The zero-order valence-electron chi connectivity index (χ0n) is 15.3. The first kappa shape index (κ1) is 21.8. The number of carbonyl (C=O) groups excluding carboxylic acids is 1. The van der Waals surface area contributed by atoms with Gasteiger partial charge in [0.25, 0.3) is 0 Å². The van der Waals surface area contributed by atoms with E-state index < -0.39 is 10.0 Å². The molecule has 27 heavy (non-hydrogen) atoms. The summed E-state index contributed by atoms with van der Waals surface area (Å²) in [6.07, 6.45) is 0. The highest BCUT2D eigenvalue weighted by Crippen LogP contribution is 2.20. The topological polar surface area (TPSA) is 66.5 Å². The molecule has 0 aliphatic rings. The highest BCUT2D eigenvalue weighted by atomic mass is 35.5. The maximum absolute atomic E-state index is 12.5. The maximum Gasteiger partial charge on any atom is 0.243 e. The molecule has 0 unspecified atom stereocenters. The molecule has 8 heteroatoms. The van der Waals surface area contributed by atoms with E-state index in [2.05, 4.69) is 5.32 Å². The number of rotatable bonds is 9. The standard InChI is InChI=1S/C19H23ClN2O3S2/c1-3-22(4-2)27(24,25)18-11-5-15(6-12-18)13-21-19(23)14-26-17-9-7-16(20)8-10-17/h5-12H,3-4,13-14H2,1-2H3,(H,21,23). The molecule has 0 radical (unpaired) electrons. The molecule has 2 rings (SSSR count). The Morgan fingerprint density at radius 2 is 1.63 bits per heavy atom. The Morgan fingerprint density at radius 1 is 1.04 bits per heavy atom. The minimum absolute atomic E-state index is 0.0882. The molecule has 0 aliphatic carbocycles. The van der Waals surface area contributed by atoms with Crippen LogP contribution in [0.1, 0.15) is 19.4 Å². The van der Waals surface area contributed by atoms with Gasteiger partial charge >= 0.3 is 0 Å². The van der Waals surface area contributed by atoms with Gasteiger partial charge in [-0.2, -0.15) is 4.31 Å². The molecule has 2 aromatic carbocycles. The smallest absolute Gasteiger partial charge is 0.243 e. The summed E-state index contributed by atoms with van der Waals surface area (Å²) in [4.78, 5) is 13.2. The van der Waals surface area contributed by atoms with E-state index in [9.17, 15) is 13.2 Å². The molecular formula is C19H23ClN2O3S2. The Labute approximate surface area is 170 Å². The molecule has 0 fully saturated rings. The van der Waals surface area contributed by atoms with Crippen molar-refractivity contribution in [2.75, 3.05) is 18.8 Å². The van der Waals surface area contributed by atoms with Gasteiger partial charge in [-0.05, 0) is 42.0 Å². The second kappa shape index (κ2) is 10.1. The van der Waals surface area contributed by atoms with Crippen LogP contribution >= 0.6 is 23.4 Å². The van der Waals surface area contributed by atoms with Gasteiger partial charge < -0.3 is 5.32 Å². The van der Waals surface area contributed by atoms with E-state index in [0.29, 0.717) is 30.4 Å². The van der Waals surface area contributed by atoms with E-state index in [1.54, 1.807) is 36.4 Å². The van der Waals surface area contributed by atoms with Crippen molar-refractivity contribution in [1.29, 1.82) is 0 Å². The quantitative estimate of drug-likeness (QED) is 0.619. The first-order valence-corrected chi connectivity index (χ1v) is 11.4. The fourth-order valence-electron chi connectivity index (χ4n) is 2.42. The molecule has 0 saturated carbocycles. The number of carbonyl (C=O) groups is 1. The summed E-state index contributed by atoms with van der Waals surface area (Å²) in [7, 11) is -3.46.